The van der Waals surface area contributed by atoms with E-state index in [4.69, 9.17) is 8.83 Å². The minimum absolute atomic E-state index is 0.0961. The lowest BCUT2D eigenvalue weighted by Gasteiger charge is -2.08. The zero-order valence-electron chi connectivity index (χ0n) is 11.1. The molecule has 1 amide bonds. The van der Waals surface area contributed by atoms with Gasteiger partial charge in [0.15, 0.2) is 5.76 Å². The number of nitrogens with one attached hydrogen (secondary N) is 2. The van der Waals surface area contributed by atoms with Crippen molar-refractivity contribution < 1.29 is 27.2 Å². The molecule has 2 rings (SSSR count). The molecule has 3 N–H and O–H groups in total. The summed E-state index contributed by atoms with van der Waals surface area (Å²) < 4.78 is 35.0. The average molecular weight is 314 g/mol. The van der Waals surface area contributed by atoms with Gasteiger partial charge in [-0.05, 0) is 31.3 Å². The summed E-state index contributed by atoms with van der Waals surface area (Å²) in [7, 11) is -2.51. The third kappa shape index (κ3) is 3.51. The number of hydrogen-bond donors (Lipinski definition) is 3. The maximum atomic E-state index is 11.8. The van der Waals surface area contributed by atoms with Gasteiger partial charge in [0.1, 0.15) is 11.9 Å². The Bertz CT molecular complexity index is 704. The molecule has 0 saturated heterocycles. The van der Waals surface area contributed by atoms with Gasteiger partial charge in [-0.2, -0.15) is 0 Å². The maximum absolute atomic E-state index is 11.8. The number of furan rings is 2. The van der Waals surface area contributed by atoms with E-state index < -0.39 is 22.0 Å². The second-order valence-electron chi connectivity index (χ2n) is 4.07. The van der Waals surface area contributed by atoms with Gasteiger partial charge in [0.05, 0.1) is 12.8 Å². The van der Waals surface area contributed by atoms with Crippen molar-refractivity contribution in [1.82, 2.24) is 10.0 Å². The van der Waals surface area contributed by atoms with Crippen LogP contribution in [0.2, 0.25) is 0 Å². The van der Waals surface area contributed by atoms with Crippen molar-refractivity contribution in [2.75, 3.05) is 13.6 Å². The molecule has 8 nitrogen and oxygen atoms in total. The van der Waals surface area contributed by atoms with E-state index in [9.17, 15) is 18.3 Å². The molecular weight excluding hydrogens is 300 g/mol. The van der Waals surface area contributed by atoms with Gasteiger partial charge in [0.2, 0.25) is 5.09 Å². The average Bonchev–Trinajstić information content (AvgIpc) is 3.14. The molecule has 21 heavy (non-hydrogen) atoms. The fourth-order valence-corrected chi connectivity index (χ4v) is 2.19. The molecular formula is C12H14N2O6S. The summed E-state index contributed by atoms with van der Waals surface area (Å²) >= 11 is 0. The van der Waals surface area contributed by atoms with Crippen LogP contribution in [0, 0.1) is 0 Å². The standard InChI is InChI=1S/C12H14N2O6S/c1-13-21(17,18)11-5-4-10(20-11)12(16)14-7-8(15)9-3-2-6-19-9/h2-6,8,13,15H,7H2,1H3,(H,14,16). The Morgan fingerprint density at radius 2 is 2.14 bits per heavy atom. The number of aliphatic hydroxyl groups excluding tert-OH is 1. The number of amides is 1. The summed E-state index contributed by atoms with van der Waals surface area (Å²) in [5, 5.41) is 11.8. The van der Waals surface area contributed by atoms with Crippen molar-refractivity contribution >= 4 is 15.9 Å². The molecule has 114 valence electrons. The highest BCUT2D eigenvalue weighted by atomic mass is 32.2. The quantitative estimate of drug-likeness (QED) is 0.702. The highest BCUT2D eigenvalue weighted by Crippen LogP contribution is 2.14. The third-order valence-corrected chi connectivity index (χ3v) is 3.95. The molecule has 1 unspecified atom stereocenters. The van der Waals surface area contributed by atoms with E-state index in [1.54, 1.807) is 12.1 Å². The number of rotatable bonds is 6. The van der Waals surface area contributed by atoms with Crippen LogP contribution in [-0.2, 0) is 10.0 Å². The van der Waals surface area contributed by atoms with Gasteiger partial charge in [-0.1, -0.05) is 0 Å². The van der Waals surface area contributed by atoms with Crippen molar-refractivity contribution in [2.24, 2.45) is 0 Å². The summed E-state index contributed by atoms with van der Waals surface area (Å²) in [6, 6.07) is 5.59. The molecule has 0 aliphatic rings. The van der Waals surface area contributed by atoms with Crippen LogP contribution < -0.4 is 10.0 Å². The third-order valence-electron chi connectivity index (χ3n) is 2.67. The molecule has 1 atom stereocenters. The van der Waals surface area contributed by atoms with Gasteiger partial charge in [0, 0.05) is 0 Å². The van der Waals surface area contributed by atoms with Crippen molar-refractivity contribution in [3.63, 3.8) is 0 Å². The number of aliphatic hydroxyl groups is 1. The van der Waals surface area contributed by atoms with E-state index in [1.165, 1.54) is 25.4 Å². The van der Waals surface area contributed by atoms with E-state index in [-0.39, 0.29) is 17.4 Å². The topological polar surface area (TPSA) is 122 Å². The Labute approximate surface area is 120 Å². The fourth-order valence-electron chi connectivity index (χ4n) is 1.55. The molecule has 0 aliphatic carbocycles. The second-order valence-corrected chi connectivity index (χ2v) is 5.88. The Morgan fingerprint density at radius 1 is 1.38 bits per heavy atom. The first-order valence-electron chi connectivity index (χ1n) is 5.97. The van der Waals surface area contributed by atoms with Gasteiger partial charge in [-0.15, -0.1) is 0 Å². The molecule has 2 aromatic rings. The molecule has 0 bridgehead atoms. The monoisotopic (exact) mass is 314 g/mol. The molecule has 0 radical (unpaired) electrons. The molecule has 0 fully saturated rings. The van der Waals surface area contributed by atoms with E-state index in [2.05, 4.69) is 10.0 Å². The second kappa shape index (κ2) is 6.12. The van der Waals surface area contributed by atoms with Crippen LogP contribution in [0.4, 0.5) is 0 Å². The maximum Gasteiger partial charge on any atom is 0.287 e. The Hall–Kier alpha value is -2.10. The lowest BCUT2D eigenvalue weighted by atomic mass is 10.2. The molecule has 2 aromatic heterocycles. The first kappa shape index (κ1) is 15.3. The van der Waals surface area contributed by atoms with Gasteiger partial charge in [-0.3, -0.25) is 4.79 Å². The highest BCUT2D eigenvalue weighted by Gasteiger charge is 2.20. The van der Waals surface area contributed by atoms with E-state index in [0.29, 0.717) is 5.76 Å². The number of carbonyl (C=O) groups excluding carboxylic acids is 1. The first-order valence-corrected chi connectivity index (χ1v) is 7.45. The molecule has 9 heteroatoms. The number of carbonyl (C=O) groups is 1. The van der Waals surface area contributed by atoms with Crippen molar-refractivity contribution in [2.45, 2.75) is 11.2 Å². The van der Waals surface area contributed by atoms with Gasteiger partial charge >= 0.3 is 0 Å². The van der Waals surface area contributed by atoms with Gasteiger partial charge < -0.3 is 19.3 Å². The normalized spacial score (nSPS) is 13.0. The van der Waals surface area contributed by atoms with Gasteiger partial charge in [-0.25, -0.2) is 13.1 Å². The van der Waals surface area contributed by atoms with E-state index in [1.807, 2.05) is 0 Å². The van der Waals surface area contributed by atoms with Crippen LogP contribution in [0.15, 0.2) is 44.5 Å². The van der Waals surface area contributed by atoms with Crippen LogP contribution in [-0.4, -0.2) is 33.0 Å². The molecule has 0 spiro atoms. The Morgan fingerprint density at radius 3 is 2.76 bits per heavy atom. The summed E-state index contributed by atoms with van der Waals surface area (Å²) in [5.74, 6) is -0.498. The minimum Gasteiger partial charge on any atom is -0.467 e. The van der Waals surface area contributed by atoms with Crippen molar-refractivity contribution in [3.8, 4) is 0 Å². The molecule has 2 heterocycles. The van der Waals surface area contributed by atoms with Crippen molar-refractivity contribution in [3.05, 3.63) is 42.0 Å². The molecule has 0 aromatic carbocycles. The SMILES string of the molecule is CNS(=O)(=O)c1ccc(C(=O)NCC(O)c2ccco2)o1. The van der Waals surface area contributed by atoms with Crippen LogP contribution in [0.1, 0.15) is 22.4 Å². The van der Waals surface area contributed by atoms with Crippen LogP contribution in [0.5, 0.6) is 0 Å². The fraction of sp³-hybridized carbons (Fsp3) is 0.250. The molecule has 0 aliphatic heterocycles. The zero-order valence-corrected chi connectivity index (χ0v) is 11.9. The van der Waals surface area contributed by atoms with E-state index >= 15 is 0 Å². The minimum atomic E-state index is -3.74. The predicted molar refractivity (Wildman–Crippen MR) is 71.0 cm³/mol. The van der Waals surface area contributed by atoms with Crippen LogP contribution >= 0.6 is 0 Å². The number of hydrogen-bond acceptors (Lipinski definition) is 6. The summed E-state index contributed by atoms with van der Waals surface area (Å²) in [6.45, 7) is -0.0961. The zero-order chi connectivity index (χ0) is 15.5. The van der Waals surface area contributed by atoms with Crippen molar-refractivity contribution in [1.29, 1.82) is 0 Å². The predicted octanol–water partition coefficient (Wildman–Crippen LogP) is 0.244. The van der Waals surface area contributed by atoms with E-state index in [0.717, 1.165) is 0 Å². The first-order chi connectivity index (χ1) is 9.94. The summed E-state index contributed by atoms with van der Waals surface area (Å²) in [5.41, 5.74) is 0. The lowest BCUT2D eigenvalue weighted by Crippen LogP contribution is -2.28. The van der Waals surface area contributed by atoms with Gasteiger partial charge in [0.25, 0.3) is 15.9 Å². The number of sulfonamides is 1. The molecule has 0 saturated carbocycles. The Kier molecular flexibility index (Phi) is 4.46. The Balaban J connectivity index is 1.98. The summed E-state index contributed by atoms with van der Waals surface area (Å²) in [4.78, 5) is 11.8. The highest BCUT2D eigenvalue weighted by molar-refractivity contribution is 7.89. The van der Waals surface area contributed by atoms with Crippen LogP contribution in [0.3, 0.4) is 0 Å². The van der Waals surface area contributed by atoms with Crippen LogP contribution in [0.25, 0.3) is 0 Å². The lowest BCUT2D eigenvalue weighted by molar-refractivity contribution is 0.0869. The smallest absolute Gasteiger partial charge is 0.287 e. The summed E-state index contributed by atoms with van der Waals surface area (Å²) in [6.07, 6.45) is 0.404. The largest absolute Gasteiger partial charge is 0.467 e.